The molecule has 6 aromatic carbocycles. The summed E-state index contributed by atoms with van der Waals surface area (Å²) in [5, 5.41) is 1.34. The second kappa shape index (κ2) is 11.8. The normalized spacial score (nSPS) is 15.9. The molecule has 50 heavy (non-hydrogen) atoms. The van der Waals surface area contributed by atoms with Gasteiger partial charge in [-0.3, -0.25) is 0 Å². The molecule has 3 heterocycles. The molecule has 1 aliphatic heterocycles. The molecule has 2 unspecified atom stereocenters. The van der Waals surface area contributed by atoms with E-state index in [-0.39, 0.29) is 6.04 Å². The number of anilines is 2. The van der Waals surface area contributed by atoms with Gasteiger partial charge in [0.2, 0.25) is 0 Å². The Balaban J connectivity index is 1.05. The first kappa shape index (κ1) is 28.9. The van der Waals surface area contributed by atoms with Gasteiger partial charge in [-0.05, 0) is 52.6 Å². The molecule has 0 radical (unpaired) electrons. The fourth-order valence-electron chi connectivity index (χ4n) is 7.65. The SMILES string of the molecule is C1=CC2c3ccccc3N(c3ccc(-c4cc(-c5ccc(-c6ccccc6)cc5)nc(-c5ccccc5)n4)cc3)C2c2sc3ccccc3c21. The van der Waals surface area contributed by atoms with E-state index in [0.29, 0.717) is 5.92 Å². The van der Waals surface area contributed by atoms with Crippen LogP contribution >= 0.6 is 11.3 Å². The predicted molar refractivity (Wildman–Crippen MR) is 209 cm³/mol. The molecule has 2 aromatic heterocycles. The minimum absolute atomic E-state index is 0.213. The summed E-state index contributed by atoms with van der Waals surface area (Å²) in [6.07, 6.45) is 4.77. The van der Waals surface area contributed by atoms with Gasteiger partial charge in [0.15, 0.2) is 5.82 Å². The highest BCUT2D eigenvalue weighted by Crippen LogP contribution is 2.58. The van der Waals surface area contributed by atoms with Crippen molar-refractivity contribution in [2.45, 2.75) is 12.0 Å². The zero-order valence-electron chi connectivity index (χ0n) is 27.1. The van der Waals surface area contributed by atoms with Crippen LogP contribution in [-0.4, -0.2) is 9.97 Å². The number of fused-ring (bicyclic) bond motifs is 7. The second-order valence-electron chi connectivity index (χ2n) is 13.0. The first-order chi connectivity index (χ1) is 24.8. The Kier molecular flexibility index (Phi) is 6.81. The Labute approximate surface area is 295 Å². The maximum atomic E-state index is 5.12. The van der Waals surface area contributed by atoms with Crippen LogP contribution in [0, 0.1) is 0 Å². The molecule has 4 heteroatoms. The van der Waals surface area contributed by atoms with Gasteiger partial charge < -0.3 is 4.90 Å². The summed E-state index contributed by atoms with van der Waals surface area (Å²) in [6.45, 7) is 0. The molecule has 0 saturated heterocycles. The lowest BCUT2D eigenvalue weighted by molar-refractivity contribution is 0.681. The number of nitrogens with zero attached hydrogens (tertiary/aromatic N) is 3. The number of thiophene rings is 1. The van der Waals surface area contributed by atoms with E-state index in [1.807, 2.05) is 35.6 Å². The van der Waals surface area contributed by atoms with Gasteiger partial charge in [0.05, 0.1) is 17.4 Å². The van der Waals surface area contributed by atoms with Crippen LogP contribution in [0.15, 0.2) is 170 Å². The van der Waals surface area contributed by atoms with Crippen molar-refractivity contribution < 1.29 is 0 Å². The molecule has 10 rings (SSSR count). The Morgan fingerprint density at radius 3 is 1.84 bits per heavy atom. The van der Waals surface area contributed by atoms with Crippen molar-refractivity contribution in [3.8, 4) is 45.0 Å². The number of benzene rings is 6. The maximum Gasteiger partial charge on any atom is 0.160 e. The number of rotatable bonds is 5. The van der Waals surface area contributed by atoms with Crippen LogP contribution in [0.1, 0.15) is 28.0 Å². The van der Waals surface area contributed by atoms with Crippen molar-refractivity contribution in [1.29, 1.82) is 0 Å². The van der Waals surface area contributed by atoms with Crippen LogP contribution in [0.3, 0.4) is 0 Å². The molecule has 0 bridgehead atoms. The lowest BCUT2D eigenvalue weighted by Crippen LogP contribution is -2.22. The number of hydrogen-bond acceptors (Lipinski definition) is 4. The van der Waals surface area contributed by atoms with Crippen molar-refractivity contribution in [3.05, 3.63) is 186 Å². The third-order valence-corrected chi connectivity index (χ3v) is 11.3. The Morgan fingerprint density at radius 1 is 0.520 bits per heavy atom. The Hall–Kier alpha value is -6.10. The highest BCUT2D eigenvalue weighted by molar-refractivity contribution is 7.19. The Bertz CT molecular complexity index is 2530. The third-order valence-electron chi connectivity index (χ3n) is 10.1. The molecule has 1 aliphatic carbocycles. The first-order valence-corrected chi connectivity index (χ1v) is 17.9. The molecule has 0 N–H and O–H groups in total. The highest BCUT2D eigenvalue weighted by Gasteiger charge is 2.42. The van der Waals surface area contributed by atoms with E-state index in [0.717, 1.165) is 33.9 Å². The zero-order valence-corrected chi connectivity index (χ0v) is 28.0. The molecule has 0 fully saturated rings. The van der Waals surface area contributed by atoms with Crippen molar-refractivity contribution in [3.63, 3.8) is 0 Å². The van der Waals surface area contributed by atoms with E-state index in [1.165, 1.54) is 48.6 Å². The van der Waals surface area contributed by atoms with Crippen molar-refractivity contribution in [2.75, 3.05) is 4.90 Å². The summed E-state index contributed by atoms with van der Waals surface area (Å²) in [7, 11) is 0. The number of hydrogen-bond donors (Lipinski definition) is 0. The molecule has 3 nitrogen and oxygen atoms in total. The second-order valence-corrected chi connectivity index (χ2v) is 14.0. The summed E-state index contributed by atoms with van der Waals surface area (Å²) in [6, 6.07) is 58.4. The fourth-order valence-corrected chi connectivity index (χ4v) is 8.98. The van der Waals surface area contributed by atoms with E-state index in [1.54, 1.807) is 0 Å². The van der Waals surface area contributed by atoms with Crippen molar-refractivity contribution in [2.24, 2.45) is 0 Å². The average molecular weight is 658 g/mol. The molecule has 0 amide bonds. The lowest BCUT2D eigenvalue weighted by Gasteiger charge is -2.31. The van der Waals surface area contributed by atoms with Crippen LogP contribution in [-0.2, 0) is 0 Å². The molecule has 236 valence electrons. The molecular weight excluding hydrogens is 627 g/mol. The first-order valence-electron chi connectivity index (χ1n) is 17.1. The van der Waals surface area contributed by atoms with Gasteiger partial charge in [0.1, 0.15) is 0 Å². The van der Waals surface area contributed by atoms with E-state index in [9.17, 15) is 0 Å². The number of aromatic nitrogens is 2. The van der Waals surface area contributed by atoms with E-state index < -0.39 is 0 Å². The molecular formula is C46H31N3S. The maximum absolute atomic E-state index is 5.12. The summed E-state index contributed by atoms with van der Waals surface area (Å²) in [4.78, 5) is 14.2. The van der Waals surface area contributed by atoms with Gasteiger partial charge in [-0.1, -0.05) is 146 Å². The zero-order chi connectivity index (χ0) is 33.0. The minimum atomic E-state index is 0.213. The summed E-state index contributed by atoms with van der Waals surface area (Å²) < 4.78 is 1.34. The van der Waals surface area contributed by atoms with Crippen molar-refractivity contribution >= 4 is 38.9 Å². The molecule has 8 aromatic rings. The van der Waals surface area contributed by atoms with Crippen LogP contribution in [0.2, 0.25) is 0 Å². The van der Waals surface area contributed by atoms with Crippen molar-refractivity contribution in [1.82, 2.24) is 9.97 Å². The molecule has 0 saturated carbocycles. The Morgan fingerprint density at radius 2 is 1.10 bits per heavy atom. The lowest BCUT2D eigenvalue weighted by atomic mass is 9.87. The third kappa shape index (κ3) is 4.80. The largest absolute Gasteiger partial charge is 0.332 e. The average Bonchev–Trinajstić information content (AvgIpc) is 3.75. The quantitative estimate of drug-likeness (QED) is 0.184. The fraction of sp³-hybridized carbons (Fsp3) is 0.0435. The van der Waals surface area contributed by atoms with E-state index in [4.69, 9.17) is 9.97 Å². The highest BCUT2D eigenvalue weighted by atomic mass is 32.1. The molecule has 2 atom stereocenters. The monoisotopic (exact) mass is 657 g/mol. The van der Waals surface area contributed by atoms with Crippen LogP contribution in [0.4, 0.5) is 11.4 Å². The molecule has 2 aliphatic rings. The van der Waals surface area contributed by atoms with Gasteiger partial charge in [0.25, 0.3) is 0 Å². The number of para-hydroxylation sites is 1. The van der Waals surface area contributed by atoms with Gasteiger partial charge in [-0.2, -0.15) is 0 Å². The smallest absolute Gasteiger partial charge is 0.160 e. The molecule has 0 spiro atoms. The van der Waals surface area contributed by atoms with E-state index in [2.05, 4.69) is 157 Å². The van der Waals surface area contributed by atoms with Gasteiger partial charge >= 0.3 is 0 Å². The van der Waals surface area contributed by atoms with Crippen LogP contribution in [0.25, 0.3) is 61.2 Å². The van der Waals surface area contributed by atoms with Crippen LogP contribution < -0.4 is 4.90 Å². The predicted octanol–water partition coefficient (Wildman–Crippen LogP) is 12.4. The van der Waals surface area contributed by atoms with Gasteiger partial charge in [-0.25, -0.2) is 9.97 Å². The van der Waals surface area contributed by atoms with Crippen LogP contribution in [0.5, 0.6) is 0 Å². The van der Waals surface area contributed by atoms with E-state index >= 15 is 0 Å². The summed E-state index contributed by atoms with van der Waals surface area (Å²) in [5.74, 6) is 1.02. The van der Waals surface area contributed by atoms with Gasteiger partial charge in [0, 0.05) is 48.9 Å². The standard InChI is InChI=1S/C46H31N3S/c1-3-11-30(12-4-1)31-19-21-32(22-20-31)40-29-41(48-46(47-40)34-13-5-2-6-14-34)33-23-25-35(26-24-33)49-42-17-9-7-15-36(42)38-27-28-39-37-16-8-10-18-43(37)50-45(39)44(38)49/h1-29,38,44H. The summed E-state index contributed by atoms with van der Waals surface area (Å²) in [5.41, 5.74) is 12.5. The van der Waals surface area contributed by atoms with Gasteiger partial charge in [-0.15, -0.1) is 11.3 Å². The summed E-state index contributed by atoms with van der Waals surface area (Å²) >= 11 is 1.93. The topological polar surface area (TPSA) is 29.0 Å². The minimum Gasteiger partial charge on any atom is -0.332 e.